The molecule has 0 saturated heterocycles. The molecule has 10 heteroatoms. The van der Waals surface area contributed by atoms with Crippen LogP contribution in [0, 0.1) is 24.3 Å². The van der Waals surface area contributed by atoms with E-state index in [-0.39, 0.29) is 16.5 Å². The van der Waals surface area contributed by atoms with Crippen LogP contribution < -0.4 is 14.8 Å². The molecule has 164 valence electrons. The molecule has 0 saturated carbocycles. The van der Waals surface area contributed by atoms with Crippen LogP contribution >= 0.6 is 0 Å². The summed E-state index contributed by atoms with van der Waals surface area (Å²) >= 11 is 5.36. The molecule has 0 aliphatic rings. The third-order valence-corrected chi connectivity index (χ3v) is 6.39. The first kappa shape index (κ1) is 21.8. The monoisotopic (exact) mass is 473 g/mol. The molecule has 0 unspecified atom stereocenters. The Hall–Kier alpha value is -3.43. The highest BCUT2D eigenvalue weighted by Crippen LogP contribution is 2.31. The number of aromatic nitrogens is 2. The number of nitrogens with one attached hydrogen (secondary N) is 2. The maximum Gasteiger partial charge on any atom is 0.263 e. The van der Waals surface area contributed by atoms with E-state index in [9.17, 15) is 12.8 Å². The molecule has 0 atom stereocenters. The van der Waals surface area contributed by atoms with Crippen molar-refractivity contribution in [3.8, 4) is 5.75 Å². The fourth-order valence-corrected chi connectivity index (χ4v) is 4.15. The maximum atomic E-state index is 14.0. The molecule has 0 aliphatic carbocycles. The van der Waals surface area contributed by atoms with E-state index in [0.717, 1.165) is 6.07 Å². The Labute approximate surface area is 189 Å². The molecule has 0 aliphatic heterocycles. The summed E-state index contributed by atoms with van der Waals surface area (Å²) < 4.78 is 47.6. The average Bonchev–Trinajstić information content (AvgIpc) is 2.77. The smallest absolute Gasteiger partial charge is 0.263 e. The molecule has 0 spiro atoms. The number of ether oxygens (including phenoxy) is 1. The van der Waals surface area contributed by atoms with Crippen molar-refractivity contribution in [3.63, 3.8) is 0 Å². The van der Waals surface area contributed by atoms with Gasteiger partial charge in [-0.25, -0.2) is 22.8 Å². The lowest BCUT2D eigenvalue weighted by atomic mass is 10.2. The molecule has 0 bridgehead atoms. The molecule has 1 aromatic heterocycles. The largest absolute Gasteiger partial charge is 0.497 e. The van der Waals surface area contributed by atoms with Gasteiger partial charge in [0.05, 0.1) is 23.0 Å². The maximum absolute atomic E-state index is 14.0. The van der Waals surface area contributed by atoms with Crippen LogP contribution in [0.25, 0.3) is 11.0 Å². The summed E-state index contributed by atoms with van der Waals surface area (Å²) in [5.74, 6) is 0.0242. The topological polar surface area (TPSA) is 93.2 Å². The normalized spacial score (nSPS) is 11.4. The molecule has 3 aromatic carbocycles. The number of hydrogen-bond donors (Lipinski definition) is 2. The molecule has 2 N–H and O–H groups in total. The van der Waals surface area contributed by atoms with Gasteiger partial charge in [-0.2, -0.15) is 0 Å². The first-order valence-corrected chi connectivity index (χ1v) is 11.3. The number of halogens is 2. The zero-order valence-corrected chi connectivity index (χ0v) is 18.7. The third-order valence-electron chi connectivity index (χ3n) is 4.69. The fraction of sp³-hybridized carbons (Fsp3) is 0.0909. The van der Waals surface area contributed by atoms with Crippen LogP contribution in [-0.4, -0.2) is 25.5 Å². The minimum atomic E-state index is -4.14. The summed E-state index contributed by atoms with van der Waals surface area (Å²) in [6.07, 6.45) is 0. The van der Waals surface area contributed by atoms with Crippen molar-refractivity contribution in [1.82, 2.24) is 9.97 Å². The van der Waals surface area contributed by atoms with E-state index in [4.69, 9.17) is 16.3 Å². The zero-order valence-electron chi connectivity index (χ0n) is 17.1. The van der Waals surface area contributed by atoms with Gasteiger partial charge in [0.2, 0.25) is 5.02 Å². The van der Waals surface area contributed by atoms with E-state index in [1.807, 2.05) is 0 Å². The molecular formula is C22H19ClFN4O3S+. The number of fused-ring (bicyclic) bond motifs is 1. The minimum absolute atomic E-state index is 0.0538. The van der Waals surface area contributed by atoms with Gasteiger partial charge in [0.25, 0.3) is 10.0 Å². The Morgan fingerprint density at radius 3 is 2.31 bits per heavy atom. The average molecular weight is 474 g/mol. The number of methoxy groups -OCH3 is 1. The van der Waals surface area contributed by atoms with Crippen molar-refractivity contribution in [2.75, 3.05) is 17.1 Å². The van der Waals surface area contributed by atoms with Gasteiger partial charge >= 0.3 is 0 Å². The van der Waals surface area contributed by atoms with Crippen LogP contribution in [-0.2, 0) is 10.0 Å². The van der Waals surface area contributed by atoms with Crippen LogP contribution in [0.4, 0.5) is 21.7 Å². The Kier molecular flexibility index (Phi) is 5.86. The molecule has 4 aromatic rings. The highest BCUT2D eigenvalue weighted by Gasteiger charge is 2.21. The van der Waals surface area contributed by atoms with Crippen molar-refractivity contribution in [3.05, 3.63) is 77.1 Å². The quantitative estimate of drug-likeness (QED) is 0.433. The number of aryl methyl sites for hydroxylation is 1. The van der Waals surface area contributed by atoms with Gasteiger partial charge in [0.1, 0.15) is 17.3 Å². The Morgan fingerprint density at radius 1 is 0.969 bits per heavy atom. The number of rotatable bonds is 6. The molecule has 1 heterocycles. The van der Waals surface area contributed by atoms with Crippen LogP contribution in [0.15, 0.2) is 65.6 Å². The van der Waals surface area contributed by atoms with Gasteiger partial charge in [0.15, 0.2) is 23.2 Å². The summed E-state index contributed by atoms with van der Waals surface area (Å²) in [5.41, 5.74) is 1.86. The van der Waals surface area contributed by atoms with Gasteiger partial charge in [0, 0.05) is 12.1 Å². The lowest BCUT2D eigenvalue weighted by Crippen LogP contribution is -2.16. The van der Waals surface area contributed by atoms with E-state index in [0.29, 0.717) is 33.1 Å². The molecule has 32 heavy (non-hydrogen) atoms. The Balaban J connectivity index is 1.80. The second-order valence-corrected chi connectivity index (χ2v) is 9.04. The second kappa shape index (κ2) is 8.60. The predicted octanol–water partition coefficient (Wildman–Crippen LogP) is 4.33. The number of benzene rings is 3. The van der Waals surface area contributed by atoms with Crippen molar-refractivity contribution < 1.29 is 29.1 Å². The summed E-state index contributed by atoms with van der Waals surface area (Å²) in [6.45, 7) is 1.55. The van der Waals surface area contributed by atoms with Crippen molar-refractivity contribution in [2.24, 2.45) is 0 Å². The van der Waals surface area contributed by atoms with E-state index >= 15 is 0 Å². The molecule has 0 fully saturated rings. The SMILES string of the molecule is COc1ccc([ClH+])c(Nc2nc3ccccc3nc2NS(=O)(=O)c2ccc(C)c(F)c2)c1. The highest BCUT2D eigenvalue weighted by atomic mass is 35.5. The lowest BCUT2D eigenvalue weighted by Gasteiger charge is -2.14. The van der Waals surface area contributed by atoms with Gasteiger partial charge in [-0.1, -0.05) is 18.2 Å². The molecule has 4 rings (SSSR count). The second-order valence-electron chi connectivity index (χ2n) is 6.91. The predicted molar refractivity (Wildman–Crippen MR) is 118 cm³/mol. The number of sulfonamides is 1. The molecule has 0 radical (unpaired) electrons. The fourth-order valence-electron chi connectivity index (χ4n) is 2.95. The summed E-state index contributed by atoms with van der Waals surface area (Å²) in [4.78, 5) is 8.71. The number of hydrogen-bond acceptors (Lipinski definition) is 6. The zero-order chi connectivity index (χ0) is 22.9. The van der Waals surface area contributed by atoms with Gasteiger partial charge in [-0.15, -0.1) is 0 Å². The van der Waals surface area contributed by atoms with Crippen molar-refractivity contribution >= 4 is 38.4 Å². The van der Waals surface area contributed by atoms with E-state index in [1.54, 1.807) is 49.4 Å². The van der Waals surface area contributed by atoms with Gasteiger partial charge < -0.3 is 10.1 Å². The van der Waals surface area contributed by atoms with Crippen molar-refractivity contribution in [2.45, 2.75) is 11.8 Å². The van der Waals surface area contributed by atoms with Crippen LogP contribution in [0.3, 0.4) is 0 Å². The Morgan fingerprint density at radius 2 is 1.66 bits per heavy atom. The van der Waals surface area contributed by atoms with E-state index in [1.165, 1.54) is 19.2 Å². The van der Waals surface area contributed by atoms with E-state index in [2.05, 4.69) is 20.0 Å². The highest BCUT2D eigenvalue weighted by molar-refractivity contribution is 7.92. The summed E-state index contributed by atoms with van der Waals surface area (Å²) in [7, 11) is -2.62. The summed E-state index contributed by atoms with van der Waals surface area (Å²) in [6, 6.07) is 15.8. The first-order valence-electron chi connectivity index (χ1n) is 9.44. The number of para-hydroxylation sites is 2. The van der Waals surface area contributed by atoms with Gasteiger partial charge in [-0.05, 0) is 42.8 Å². The van der Waals surface area contributed by atoms with E-state index < -0.39 is 15.8 Å². The van der Waals surface area contributed by atoms with Crippen LogP contribution in [0.2, 0.25) is 5.02 Å². The van der Waals surface area contributed by atoms with Crippen LogP contribution in [0.5, 0.6) is 5.75 Å². The number of nitrogens with zero attached hydrogens (tertiary/aromatic N) is 2. The molecule has 0 amide bonds. The standard InChI is InChI=1S/C22H19ClFN4O3S/c1-13-7-9-15(12-17(13)24)32(29,30)28-22-21(25-18-5-3-4-6-19(18)26-22)27-20-11-14(31-2)8-10-16(20)23/h3-12,23H,1-2H3,(H,25,27)(H,26,28)/q+1. The van der Waals surface area contributed by atoms with Gasteiger partial charge in [-0.3, -0.25) is 4.72 Å². The summed E-state index contributed by atoms with van der Waals surface area (Å²) in [5, 5.41) is 3.53. The lowest BCUT2D eigenvalue weighted by molar-refractivity contribution is -0.287. The first-order chi connectivity index (χ1) is 15.3. The van der Waals surface area contributed by atoms with Crippen LogP contribution in [0.1, 0.15) is 5.56 Å². The minimum Gasteiger partial charge on any atom is -0.497 e. The number of anilines is 3. The molecular weight excluding hydrogens is 455 g/mol. The van der Waals surface area contributed by atoms with Crippen molar-refractivity contribution in [1.29, 1.82) is 0 Å². The molecule has 7 nitrogen and oxygen atoms in total. The third kappa shape index (κ3) is 4.44. The Bertz CT molecular complexity index is 1430.